The van der Waals surface area contributed by atoms with E-state index in [0.717, 1.165) is 5.06 Å². The SMILES string of the molecule is CON(C(=O)OC(C)(C)C)[C@@H](CCO)c1cnccn1. The number of hydrogen-bond donors (Lipinski definition) is 1. The van der Waals surface area contributed by atoms with E-state index in [1.165, 1.54) is 25.7 Å². The predicted molar refractivity (Wildman–Crippen MR) is 71.6 cm³/mol. The first-order chi connectivity index (χ1) is 9.39. The van der Waals surface area contributed by atoms with Gasteiger partial charge in [-0.3, -0.25) is 14.8 Å². The molecule has 20 heavy (non-hydrogen) atoms. The van der Waals surface area contributed by atoms with Crippen molar-refractivity contribution in [1.29, 1.82) is 0 Å². The summed E-state index contributed by atoms with van der Waals surface area (Å²) in [7, 11) is 1.37. The predicted octanol–water partition coefficient (Wildman–Crippen LogP) is 1.70. The average molecular weight is 283 g/mol. The molecular weight excluding hydrogens is 262 g/mol. The van der Waals surface area contributed by atoms with Crippen LogP contribution in [-0.4, -0.2) is 45.5 Å². The lowest BCUT2D eigenvalue weighted by molar-refractivity contribution is -0.154. The number of carbonyl (C=O) groups is 1. The fraction of sp³-hybridized carbons (Fsp3) is 0.615. The standard InChI is InChI=1S/C13H21N3O4/c1-13(2,3)20-12(18)16(19-4)11(5-8-17)10-9-14-6-7-15-10/h6-7,9,11,17H,5,8H2,1-4H3/t11-/m0/s1. The summed E-state index contributed by atoms with van der Waals surface area (Å²) in [6.45, 7) is 5.18. The van der Waals surface area contributed by atoms with Crippen LogP contribution in [-0.2, 0) is 9.57 Å². The van der Waals surface area contributed by atoms with Crippen LogP contribution >= 0.6 is 0 Å². The van der Waals surface area contributed by atoms with Crippen LogP contribution in [0.5, 0.6) is 0 Å². The Hall–Kier alpha value is -1.73. The number of nitrogens with zero attached hydrogens (tertiary/aromatic N) is 3. The maximum Gasteiger partial charge on any atom is 0.435 e. The Labute approximate surface area is 118 Å². The minimum absolute atomic E-state index is 0.121. The van der Waals surface area contributed by atoms with Gasteiger partial charge in [-0.25, -0.2) is 4.79 Å². The van der Waals surface area contributed by atoms with Crippen molar-refractivity contribution < 1.29 is 19.5 Å². The van der Waals surface area contributed by atoms with Gasteiger partial charge in [0.1, 0.15) is 11.6 Å². The molecule has 7 heteroatoms. The van der Waals surface area contributed by atoms with E-state index in [1.807, 2.05) is 0 Å². The molecule has 0 aliphatic rings. The van der Waals surface area contributed by atoms with Crippen LogP contribution in [0.2, 0.25) is 0 Å². The summed E-state index contributed by atoms with van der Waals surface area (Å²) in [6, 6.07) is -0.562. The van der Waals surface area contributed by atoms with Gasteiger partial charge >= 0.3 is 6.09 Å². The van der Waals surface area contributed by atoms with Crippen LogP contribution in [0.25, 0.3) is 0 Å². The third-order valence-electron chi connectivity index (χ3n) is 2.38. The van der Waals surface area contributed by atoms with E-state index in [2.05, 4.69) is 9.97 Å². The van der Waals surface area contributed by atoms with Crippen LogP contribution in [0.1, 0.15) is 38.9 Å². The zero-order valence-corrected chi connectivity index (χ0v) is 12.2. The number of hydrogen-bond acceptors (Lipinski definition) is 6. The molecule has 112 valence electrons. The van der Waals surface area contributed by atoms with Gasteiger partial charge in [-0.05, 0) is 27.2 Å². The van der Waals surface area contributed by atoms with Gasteiger partial charge in [0.25, 0.3) is 0 Å². The van der Waals surface area contributed by atoms with Crippen molar-refractivity contribution in [3.63, 3.8) is 0 Å². The molecule has 0 aromatic carbocycles. The third kappa shape index (κ3) is 4.75. The fourth-order valence-electron chi connectivity index (χ4n) is 1.63. The smallest absolute Gasteiger partial charge is 0.435 e. The zero-order valence-electron chi connectivity index (χ0n) is 12.2. The highest BCUT2D eigenvalue weighted by Gasteiger charge is 2.30. The molecule has 0 saturated heterocycles. The summed E-state index contributed by atoms with van der Waals surface area (Å²) in [5.74, 6) is 0. The van der Waals surface area contributed by atoms with Gasteiger partial charge < -0.3 is 9.84 Å². The highest BCUT2D eigenvalue weighted by atomic mass is 16.7. The number of ether oxygens (including phenoxy) is 1. The molecule has 0 unspecified atom stereocenters. The number of amides is 1. The number of rotatable bonds is 5. The number of aliphatic hydroxyl groups is 1. The molecule has 0 radical (unpaired) electrons. The minimum atomic E-state index is -0.639. The molecule has 1 aromatic rings. The molecule has 0 bridgehead atoms. The summed E-state index contributed by atoms with van der Waals surface area (Å²) < 4.78 is 5.27. The van der Waals surface area contributed by atoms with E-state index in [-0.39, 0.29) is 13.0 Å². The molecule has 0 saturated carbocycles. The highest BCUT2D eigenvalue weighted by Crippen LogP contribution is 2.24. The minimum Gasteiger partial charge on any atom is -0.442 e. The van der Waals surface area contributed by atoms with Crippen LogP contribution in [0.4, 0.5) is 4.79 Å². The van der Waals surface area contributed by atoms with E-state index in [4.69, 9.17) is 9.57 Å². The van der Waals surface area contributed by atoms with Gasteiger partial charge in [0, 0.05) is 19.0 Å². The normalized spacial score (nSPS) is 12.8. The van der Waals surface area contributed by atoms with Gasteiger partial charge in [0.05, 0.1) is 19.0 Å². The Balaban J connectivity index is 2.95. The molecule has 1 atom stereocenters. The fourth-order valence-corrected chi connectivity index (χ4v) is 1.63. The first-order valence-electron chi connectivity index (χ1n) is 6.32. The number of hydroxylamine groups is 2. The second-order valence-corrected chi connectivity index (χ2v) is 5.15. The average Bonchev–Trinajstić information content (AvgIpc) is 2.37. The molecule has 1 rings (SSSR count). The molecule has 1 aromatic heterocycles. The molecule has 0 aliphatic heterocycles. The number of aromatic nitrogens is 2. The summed E-state index contributed by atoms with van der Waals surface area (Å²) >= 11 is 0. The lowest BCUT2D eigenvalue weighted by Gasteiger charge is -2.30. The largest absolute Gasteiger partial charge is 0.442 e. The van der Waals surface area contributed by atoms with Crippen molar-refractivity contribution in [3.05, 3.63) is 24.3 Å². The van der Waals surface area contributed by atoms with E-state index in [9.17, 15) is 9.90 Å². The van der Waals surface area contributed by atoms with Gasteiger partial charge in [-0.15, -0.1) is 0 Å². The second kappa shape index (κ2) is 7.16. The molecular formula is C13H21N3O4. The molecule has 0 aliphatic carbocycles. The Morgan fingerprint density at radius 1 is 1.45 bits per heavy atom. The summed E-state index contributed by atoms with van der Waals surface area (Å²) in [4.78, 5) is 25.3. The Morgan fingerprint density at radius 3 is 2.60 bits per heavy atom. The van der Waals surface area contributed by atoms with Gasteiger partial charge in [-0.1, -0.05) is 0 Å². The highest BCUT2D eigenvalue weighted by molar-refractivity contribution is 5.67. The Morgan fingerprint density at radius 2 is 2.15 bits per heavy atom. The van der Waals surface area contributed by atoms with Crippen molar-refractivity contribution in [1.82, 2.24) is 15.0 Å². The lowest BCUT2D eigenvalue weighted by Crippen LogP contribution is -2.39. The summed E-state index contributed by atoms with van der Waals surface area (Å²) in [5.41, 5.74) is -0.116. The van der Waals surface area contributed by atoms with E-state index in [0.29, 0.717) is 5.69 Å². The van der Waals surface area contributed by atoms with Crippen LogP contribution in [0.3, 0.4) is 0 Å². The zero-order chi connectivity index (χ0) is 15.2. The molecule has 1 amide bonds. The first-order valence-corrected chi connectivity index (χ1v) is 6.32. The third-order valence-corrected chi connectivity index (χ3v) is 2.38. The van der Waals surface area contributed by atoms with Crippen LogP contribution < -0.4 is 0 Å². The molecule has 0 fully saturated rings. The van der Waals surface area contributed by atoms with Crippen molar-refractivity contribution in [2.45, 2.75) is 38.8 Å². The van der Waals surface area contributed by atoms with E-state index in [1.54, 1.807) is 20.8 Å². The molecule has 0 spiro atoms. The van der Waals surface area contributed by atoms with Gasteiger partial charge in [0.2, 0.25) is 0 Å². The van der Waals surface area contributed by atoms with E-state index < -0.39 is 17.7 Å². The van der Waals surface area contributed by atoms with Gasteiger partial charge in [0.15, 0.2) is 0 Å². The van der Waals surface area contributed by atoms with E-state index >= 15 is 0 Å². The monoisotopic (exact) mass is 283 g/mol. The van der Waals surface area contributed by atoms with Crippen molar-refractivity contribution in [2.24, 2.45) is 0 Å². The topological polar surface area (TPSA) is 84.8 Å². The molecule has 1 heterocycles. The van der Waals surface area contributed by atoms with Crippen LogP contribution in [0, 0.1) is 0 Å². The number of aliphatic hydroxyl groups excluding tert-OH is 1. The van der Waals surface area contributed by atoms with Crippen molar-refractivity contribution in [3.8, 4) is 0 Å². The summed E-state index contributed by atoms with van der Waals surface area (Å²) in [5, 5.41) is 10.2. The summed E-state index contributed by atoms with van der Waals surface area (Å²) in [6.07, 6.45) is 4.21. The van der Waals surface area contributed by atoms with Crippen molar-refractivity contribution >= 4 is 6.09 Å². The van der Waals surface area contributed by atoms with Crippen molar-refractivity contribution in [2.75, 3.05) is 13.7 Å². The quantitative estimate of drug-likeness (QED) is 0.828. The second-order valence-electron chi connectivity index (χ2n) is 5.15. The first kappa shape index (κ1) is 16.3. The Bertz CT molecular complexity index is 419. The van der Waals surface area contributed by atoms with Crippen LogP contribution in [0.15, 0.2) is 18.6 Å². The maximum atomic E-state index is 12.1. The number of carbonyl (C=O) groups excluding carboxylic acids is 1. The van der Waals surface area contributed by atoms with Gasteiger partial charge in [-0.2, -0.15) is 5.06 Å². The molecule has 7 nitrogen and oxygen atoms in total. The molecule has 1 N–H and O–H groups in total. The Kier molecular flexibility index (Phi) is 5.84. The lowest BCUT2D eigenvalue weighted by atomic mass is 10.1. The maximum absolute atomic E-state index is 12.1.